The second-order valence-electron chi connectivity index (χ2n) is 4.76. The van der Waals surface area contributed by atoms with Crippen LogP contribution >= 0.6 is 0 Å². The van der Waals surface area contributed by atoms with Crippen LogP contribution < -0.4 is 5.32 Å². The lowest BCUT2D eigenvalue weighted by atomic mass is 10.2. The fraction of sp³-hybridized carbons (Fsp3) is 0.267. The monoisotopic (exact) mass is 282 g/mol. The van der Waals surface area contributed by atoms with Crippen LogP contribution in [-0.2, 0) is 19.6 Å². The van der Waals surface area contributed by atoms with Crippen LogP contribution in [0.3, 0.4) is 0 Å². The smallest absolute Gasteiger partial charge is 0.225 e. The maximum atomic E-state index is 4.26. The first kappa shape index (κ1) is 13.4. The van der Waals surface area contributed by atoms with Crippen LogP contribution in [0.5, 0.6) is 0 Å². The molecule has 0 aliphatic rings. The zero-order valence-corrected chi connectivity index (χ0v) is 12.0. The number of hydrogen-bond donors (Lipinski definition) is 1. The number of aryl methyl sites for hydroxylation is 1. The van der Waals surface area contributed by atoms with Gasteiger partial charge in [-0.05, 0) is 18.6 Å². The molecular formula is C15H18N6. The van der Waals surface area contributed by atoms with Crippen molar-refractivity contribution in [2.75, 3.05) is 5.32 Å². The molecule has 6 nitrogen and oxygen atoms in total. The van der Waals surface area contributed by atoms with Gasteiger partial charge in [0, 0.05) is 12.7 Å². The van der Waals surface area contributed by atoms with Gasteiger partial charge in [-0.25, -0.2) is 0 Å². The lowest BCUT2D eigenvalue weighted by molar-refractivity contribution is 0.626. The number of rotatable bonds is 6. The first-order chi connectivity index (χ1) is 10.4. The SMILES string of the molecule is CCn1nccc1CNc1nncn1Cc1ccccc1. The zero-order valence-electron chi connectivity index (χ0n) is 12.0. The van der Waals surface area contributed by atoms with Gasteiger partial charge in [0.15, 0.2) is 0 Å². The van der Waals surface area contributed by atoms with Crippen LogP contribution in [0.2, 0.25) is 0 Å². The Morgan fingerprint density at radius 1 is 1.14 bits per heavy atom. The molecule has 0 fully saturated rings. The molecule has 2 heterocycles. The van der Waals surface area contributed by atoms with Crippen LogP contribution in [0.1, 0.15) is 18.2 Å². The predicted octanol–water partition coefficient (Wildman–Crippen LogP) is 2.15. The molecule has 0 aliphatic carbocycles. The van der Waals surface area contributed by atoms with E-state index in [9.17, 15) is 0 Å². The summed E-state index contributed by atoms with van der Waals surface area (Å²) in [5.41, 5.74) is 2.35. The van der Waals surface area contributed by atoms with Crippen molar-refractivity contribution in [3.63, 3.8) is 0 Å². The number of anilines is 1. The topological polar surface area (TPSA) is 60.6 Å². The summed E-state index contributed by atoms with van der Waals surface area (Å²) >= 11 is 0. The van der Waals surface area contributed by atoms with E-state index >= 15 is 0 Å². The summed E-state index contributed by atoms with van der Waals surface area (Å²) in [6.45, 7) is 4.37. The summed E-state index contributed by atoms with van der Waals surface area (Å²) < 4.78 is 3.97. The average Bonchev–Trinajstić information content (AvgIpc) is 3.15. The zero-order chi connectivity index (χ0) is 14.5. The van der Waals surface area contributed by atoms with Crippen LogP contribution in [0, 0.1) is 0 Å². The highest BCUT2D eigenvalue weighted by molar-refractivity contribution is 5.27. The third-order valence-electron chi connectivity index (χ3n) is 3.34. The molecule has 6 heteroatoms. The molecule has 0 saturated heterocycles. The highest BCUT2D eigenvalue weighted by atomic mass is 15.3. The van der Waals surface area contributed by atoms with Gasteiger partial charge in [-0.15, -0.1) is 10.2 Å². The van der Waals surface area contributed by atoms with Gasteiger partial charge in [-0.3, -0.25) is 9.25 Å². The lowest BCUT2D eigenvalue weighted by Crippen LogP contribution is -2.11. The lowest BCUT2D eigenvalue weighted by Gasteiger charge is -2.09. The van der Waals surface area contributed by atoms with Gasteiger partial charge in [-0.1, -0.05) is 30.3 Å². The summed E-state index contributed by atoms with van der Waals surface area (Å²) in [4.78, 5) is 0. The maximum Gasteiger partial charge on any atom is 0.225 e. The second-order valence-corrected chi connectivity index (χ2v) is 4.76. The first-order valence-electron chi connectivity index (χ1n) is 7.03. The highest BCUT2D eigenvalue weighted by Gasteiger charge is 2.06. The Labute approximate surface area is 123 Å². The Balaban J connectivity index is 1.68. The molecule has 0 saturated carbocycles. The second kappa shape index (κ2) is 6.21. The molecule has 2 aromatic heterocycles. The van der Waals surface area contributed by atoms with Gasteiger partial charge in [0.2, 0.25) is 5.95 Å². The summed E-state index contributed by atoms with van der Waals surface area (Å²) in [5.74, 6) is 0.766. The predicted molar refractivity (Wildman–Crippen MR) is 80.8 cm³/mol. The molecular weight excluding hydrogens is 264 g/mol. The normalized spacial score (nSPS) is 10.7. The van der Waals surface area contributed by atoms with E-state index in [0.717, 1.165) is 24.7 Å². The van der Waals surface area contributed by atoms with Gasteiger partial charge in [-0.2, -0.15) is 5.10 Å². The highest BCUT2D eigenvalue weighted by Crippen LogP contribution is 2.09. The molecule has 0 atom stereocenters. The Hall–Kier alpha value is -2.63. The molecule has 0 unspecified atom stereocenters. The van der Waals surface area contributed by atoms with Crippen LogP contribution in [-0.4, -0.2) is 24.5 Å². The standard InChI is InChI=1S/C15H18N6/c1-2-21-14(8-9-18-21)10-16-15-19-17-12-20(15)11-13-6-4-3-5-7-13/h3-9,12H,2,10-11H2,1H3,(H,16,19). The fourth-order valence-corrected chi connectivity index (χ4v) is 2.25. The maximum absolute atomic E-state index is 4.26. The van der Waals surface area contributed by atoms with Crippen molar-refractivity contribution in [2.45, 2.75) is 26.6 Å². The summed E-state index contributed by atoms with van der Waals surface area (Å²) in [6, 6.07) is 12.3. The number of nitrogens with zero attached hydrogens (tertiary/aromatic N) is 5. The Morgan fingerprint density at radius 3 is 2.81 bits per heavy atom. The Bertz CT molecular complexity index is 685. The molecule has 3 aromatic rings. The average molecular weight is 282 g/mol. The number of hydrogen-bond acceptors (Lipinski definition) is 4. The quantitative estimate of drug-likeness (QED) is 0.752. The van der Waals surface area contributed by atoms with E-state index in [1.165, 1.54) is 5.56 Å². The van der Waals surface area contributed by atoms with E-state index in [4.69, 9.17) is 0 Å². The van der Waals surface area contributed by atoms with Gasteiger partial charge < -0.3 is 5.32 Å². The Morgan fingerprint density at radius 2 is 2.00 bits per heavy atom. The molecule has 108 valence electrons. The molecule has 0 radical (unpaired) electrons. The first-order valence-corrected chi connectivity index (χ1v) is 7.03. The number of benzene rings is 1. The van der Waals surface area contributed by atoms with Crippen molar-refractivity contribution in [2.24, 2.45) is 0 Å². The van der Waals surface area contributed by atoms with E-state index < -0.39 is 0 Å². The minimum absolute atomic E-state index is 0.682. The molecule has 3 rings (SSSR count). The summed E-state index contributed by atoms with van der Waals surface area (Å²) in [5, 5.41) is 15.7. The van der Waals surface area contributed by atoms with Crippen molar-refractivity contribution in [3.05, 3.63) is 60.2 Å². The van der Waals surface area contributed by atoms with Crippen molar-refractivity contribution in [1.29, 1.82) is 0 Å². The van der Waals surface area contributed by atoms with E-state index in [-0.39, 0.29) is 0 Å². The third-order valence-corrected chi connectivity index (χ3v) is 3.34. The van der Waals surface area contributed by atoms with Crippen molar-refractivity contribution < 1.29 is 0 Å². The molecule has 21 heavy (non-hydrogen) atoms. The van der Waals surface area contributed by atoms with Crippen molar-refractivity contribution in [1.82, 2.24) is 24.5 Å². The molecule has 0 aliphatic heterocycles. The number of nitrogens with one attached hydrogen (secondary N) is 1. The van der Waals surface area contributed by atoms with E-state index in [0.29, 0.717) is 6.54 Å². The molecule has 1 aromatic carbocycles. The van der Waals surface area contributed by atoms with Crippen molar-refractivity contribution >= 4 is 5.95 Å². The largest absolute Gasteiger partial charge is 0.349 e. The van der Waals surface area contributed by atoms with Gasteiger partial charge in [0.25, 0.3) is 0 Å². The minimum Gasteiger partial charge on any atom is -0.349 e. The summed E-state index contributed by atoms with van der Waals surface area (Å²) in [7, 11) is 0. The van der Waals surface area contributed by atoms with Crippen molar-refractivity contribution in [3.8, 4) is 0 Å². The van der Waals surface area contributed by atoms with E-state index in [2.05, 4.69) is 39.7 Å². The molecule has 0 bridgehead atoms. The van der Waals surface area contributed by atoms with Gasteiger partial charge >= 0.3 is 0 Å². The van der Waals surface area contributed by atoms with E-state index in [1.807, 2.05) is 39.7 Å². The van der Waals surface area contributed by atoms with Gasteiger partial charge in [0.1, 0.15) is 6.33 Å². The molecule has 0 spiro atoms. The van der Waals surface area contributed by atoms with E-state index in [1.54, 1.807) is 6.33 Å². The Kier molecular flexibility index (Phi) is 3.95. The van der Waals surface area contributed by atoms with Crippen LogP contribution in [0.25, 0.3) is 0 Å². The third kappa shape index (κ3) is 3.10. The molecule has 0 amide bonds. The molecule has 1 N–H and O–H groups in total. The van der Waals surface area contributed by atoms with Gasteiger partial charge in [0.05, 0.1) is 18.8 Å². The van der Waals surface area contributed by atoms with Crippen LogP contribution in [0.4, 0.5) is 5.95 Å². The number of aromatic nitrogens is 5. The fourth-order valence-electron chi connectivity index (χ4n) is 2.25. The summed E-state index contributed by atoms with van der Waals surface area (Å²) in [6.07, 6.45) is 3.56. The minimum atomic E-state index is 0.682. The van der Waals surface area contributed by atoms with Crippen LogP contribution in [0.15, 0.2) is 48.9 Å².